The van der Waals surface area contributed by atoms with Gasteiger partial charge in [-0.05, 0) is 18.4 Å². The second-order valence-electron chi connectivity index (χ2n) is 6.64. The SMILES string of the molecule is CSc1nn2c(O)cc(C(C)(C)C)nc2c1S(=O)(=O)c1ccccc1. The summed E-state index contributed by atoms with van der Waals surface area (Å²) in [5.41, 5.74) is 0.379. The van der Waals surface area contributed by atoms with Crippen LogP contribution in [0.1, 0.15) is 26.5 Å². The van der Waals surface area contributed by atoms with E-state index in [0.29, 0.717) is 10.7 Å². The second kappa shape index (κ2) is 6.03. The van der Waals surface area contributed by atoms with Gasteiger partial charge in [0.15, 0.2) is 10.5 Å². The van der Waals surface area contributed by atoms with Gasteiger partial charge >= 0.3 is 0 Å². The van der Waals surface area contributed by atoms with E-state index in [1.165, 1.54) is 34.5 Å². The van der Waals surface area contributed by atoms with Crippen molar-refractivity contribution in [3.8, 4) is 5.88 Å². The molecule has 6 nitrogen and oxygen atoms in total. The van der Waals surface area contributed by atoms with Gasteiger partial charge in [-0.25, -0.2) is 13.4 Å². The zero-order chi connectivity index (χ0) is 18.4. The van der Waals surface area contributed by atoms with E-state index in [1.54, 1.807) is 24.5 Å². The summed E-state index contributed by atoms with van der Waals surface area (Å²) in [6, 6.07) is 9.69. The topological polar surface area (TPSA) is 84.6 Å². The summed E-state index contributed by atoms with van der Waals surface area (Å²) in [6.45, 7) is 5.84. The number of thioether (sulfide) groups is 1. The Morgan fingerprint density at radius 2 is 1.80 bits per heavy atom. The van der Waals surface area contributed by atoms with Crippen molar-refractivity contribution in [3.63, 3.8) is 0 Å². The Balaban J connectivity index is 2.40. The fourth-order valence-corrected chi connectivity index (χ4v) is 4.85. The van der Waals surface area contributed by atoms with Crippen LogP contribution in [0.4, 0.5) is 0 Å². The quantitative estimate of drug-likeness (QED) is 0.705. The summed E-state index contributed by atoms with van der Waals surface area (Å²) in [5.74, 6) is -0.139. The van der Waals surface area contributed by atoms with Crippen LogP contribution in [0.15, 0.2) is 51.2 Å². The predicted octanol–water partition coefficient (Wildman–Crippen LogP) is 3.29. The first-order valence-corrected chi connectivity index (χ1v) is 10.3. The van der Waals surface area contributed by atoms with Crippen LogP contribution in [0.3, 0.4) is 0 Å². The van der Waals surface area contributed by atoms with Crippen molar-refractivity contribution in [1.29, 1.82) is 0 Å². The Labute approximate surface area is 150 Å². The molecule has 0 amide bonds. The molecule has 0 atom stereocenters. The van der Waals surface area contributed by atoms with Crippen LogP contribution in [-0.2, 0) is 15.3 Å². The van der Waals surface area contributed by atoms with Crippen molar-refractivity contribution < 1.29 is 13.5 Å². The van der Waals surface area contributed by atoms with E-state index in [1.807, 2.05) is 20.8 Å². The molecular weight excluding hydrogens is 358 g/mol. The smallest absolute Gasteiger partial charge is 0.215 e. The van der Waals surface area contributed by atoms with Gasteiger partial charge in [-0.15, -0.1) is 11.8 Å². The Hall–Kier alpha value is -2.06. The number of aromatic nitrogens is 3. The van der Waals surface area contributed by atoms with Crippen LogP contribution in [0, 0.1) is 0 Å². The number of benzene rings is 1. The highest BCUT2D eigenvalue weighted by Gasteiger charge is 2.30. The number of sulfone groups is 1. The van der Waals surface area contributed by atoms with E-state index in [9.17, 15) is 13.5 Å². The van der Waals surface area contributed by atoms with Crippen LogP contribution in [0.5, 0.6) is 5.88 Å². The maximum atomic E-state index is 13.2. The average molecular weight is 377 g/mol. The normalized spacial score (nSPS) is 12.6. The minimum absolute atomic E-state index is 0.0209. The van der Waals surface area contributed by atoms with Gasteiger partial charge in [0.05, 0.1) is 10.6 Å². The minimum Gasteiger partial charge on any atom is -0.493 e. The molecule has 2 heterocycles. The molecular formula is C17H19N3O3S2. The molecule has 0 spiro atoms. The highest BCUT2D eigenvalue weighted by molar-refractivity contribution is 7.99. The van der Waals surface area contributed by atoms with Crippen molar-refractivity contribution >= 4 is 27.2 Å². The van der Waals surface area contributed by atoms with Gasteiger partial charge in [0.2, 0.25) is 15.7 Å². The third-order valence-electron chi connectivity index (χ3n) is 3.78. The van der Waals surface area contributed by atoms with Gasteiger partial charge in [0, 0.05) is 11.5 Å². The molecule has 0 aliphatic rings. The predicted molar refractivity (Wildman–Crippen MR) is 97.0 cm³/mol. The molecule has 0 fully saturated rings. The summed E-state index contributed by atoms with van der Waals surface area (Å²) in [7, 11) is -3.82. The number of hydrogen-bond acceptors (Lipinski definition) is 6. The molecule has 0 aliphatic carbocycles. The molecule has 0 saturated heterocycles. The summed E-state index contributed by atoms with van der Waals surface area (Å²) < 4.78 is 27.5. The molecule has 132 valence electrons. The van der Waals surface area contributed by atoms with Gasteiger partial charge in [0.1, 0.15) is 5.03 Å². The molecule has 0 bridgehead atoms. The zero-order valence-electron chi connectivity index (χ0n) is 14.4. The molecule has 0 radical (unpaired) electrons. The number of hydrogen-bond donors (Lipinski definition) is 1. The molecule has 2 aromatic heterocycles. The van der Waals surface area contributed by atoms with Crippen LogP contribution in [0.25, 0.3) is 5.65 Å². The Kier molecular flexibility index (Phi) is 4.28. The van der Waals surface area contributed by atoms with Crippen LogP contribution in [0.2, 0.25) is 0 Å². The lowest BCUT2D eigenvalue weighted by Gasteiger charge is -2.18. The third kappa shape index (κ3) is 3.00. The molecule has 0 saturated carbocycles. The summed E-state index contributed by atoms with van der Waals surface area (Å²) in [4.78, 5) is 4.71. The Morgan fingerprint density at radius 3 is 2.36 bits per heavy atom. The number of rotatable bonds is 3. The first-order chi connectivity index (χ1) is 11.7. The van der Waals surface area contributed by atoms with E-state index < -0.39 is 9.84 Å². The van der Waals surface area contributed by atoms with E-state index in [4.69, 9.17) is 0 Å². The highest BCUT2D eigenvalue weighted by Crippen LogP contribution is 2.35. The third-order valence-corrected chi connectivity index (χ3v) is 6.39. The first-order valence-electron chi connectivity index (χ1n) is 7.63. The van der Waals surface area contributed by atoms with E-state index in [0.717, 1.165) is 0 Å². The number of nitrogens with zero attached hydrogens (tertiary/aromatic N) is 3. The lowest BCUT2D eigenvalue weighted by atomic mass is 9.92. The fourth-order valence-electron chi connectivity index (χ4n) is 2.43. The molecule has 0 unspecified atom stereocenters. The number of fused-ring (bicyclic) bond motifs is 1. The summed E-state index contributed by atoms with van der Waals surface area (Å²) in [6.07, 6.45) is 1.74. The molecule has 0 aliphatic heterocycles. The van der Waals surface area contributed by atoms with Gasteiger partial charge in [0.25, 0.3) is 0 Å². The lowest BCUT2D eigenvalue weighted by Crippen LogP contribution is -2.15. The Bertz CT molecular complexity index is 1040. The number of aromatic hydroxyl groups is 1. The molecule has 25 heavy (non-hydrogen) atoms. The zero-order valence-corrected chi connectivity index (χ0v) is 16.0. The fraction of sp³-hybridized carbons (Fsp3) is 0.294. The van der Waals surface area contributed by atoms with Gasteiger partial charge in [-0.2, -0.15) is 9.61 Å². The van der Waals surface area contributed by atoms with Crippen LogP contribution >= 0.6 is 11.8 Å². The van der Waals surface area contributed by atoms with Crippen molar-refractivity contribution in [1.82, 2.24) is 14.6 Å². The van der Waals surface area contributed by atoms with Crippen LogP contribution in [-0.4, -0.2) is 34.4 Å². The Morgan fingerprint density at radius 1 is 1.16 bits per heavy atom. The first kappa shape index (κ1) is 17.8. The van der Waals surface area contributed by atoms with Crippen molar-refractivity contribution in [2.45, 2.75) is 41.0 Å². The van der Waals surface area contributed by atoms with E-state index in [2.05, 4.69) is 10.1 Å². The highest BCUT2D eigenvalue weighted by atomic mass is 32.2. The van der Waals surface area contributed by atoms with Crippen LogP contribution < -0.4 is 0 Å². The van der Waals surface area contributed by atoms with E-state index >= 15 is 0 Å². The van der Waals surface area contributed by atoms with Crippen molar-refractivity contribution in [2.75, 3.05) is 6.26 Å². The molecule has 1 N–H and O–H groups in total. The average Bonchev–Trinajstić information content (AvgIpc) is 2.95. The standard InChI is InChI=1S/C17H19N3O3S2/c1-17(2,3)12-10-13(21)20-15(18-12)14(16(19-20)24-4)25(22,23)11-8-6-5-7-9-11/h5-10,21H,1-4H3. The second-order valence-corrected chi connectivity index (χ2v) is 9.32. The summed E-state index contributed by atoms with van der Waals surface area (Å²) in [5, 5.41) is 14.9. The van der Waals surface area contributed by atoms with Gasteiger partial charge in [-0.3, -0.25) is 0 Å². The van der Waals surface area contributed by atoms with E-state index in [-0.39, 0.29) is 26.7 Å². The van der Waals surface area contributed by atoms with Crippen molar-refractivity contribution in [3.05, 3.63) is 42.1 Å². The van der Waals surface area contributed by atoms with Crippen molar-refractivity contribution in [2.24, 2.45) is 0 Å². The maximum absolute atomic E-state index is 13.2. The molecule has 3 rings (SSSR count). The molecule has 1 aromatic carbocycles. The molecule has 8 heteroatoms. The minimum atomic E-state index is -3.82. The monoisotopic (exact) mass is 377 g/mol. The lowest BCUT2D eigenvalue weighted by molar-refractivity contribution is 0.428. The largest absolute Gasteiger partial charge is 0.493 e. The van der Waals surface area contributed by atoms with Gasteiger partial charge < -0.3 is 5.11 Å². The van der Waals surface area contributed by atoms with Gasteiger partial charge in [-0.1, -0.05) is 39.0 Å². The molecule has 3 aromatic rings. The maximum Gasteiger partial charge on any atom is 0.215 e. The summed E-state index contributed by atoms with van der Waals surface area (Å²) >= 11 is 1.20.